The second-order valence-electron chi connectivity index (χ2n) is 9.51. The summed E-state index contributed by atoms with van der Waals surface area (Å²) in [6.45, 7) is 5.82. The molecule has 2 N–H and O–H groups in total. The van der Waals surface area contributed by atoms with E-state index in [1.165, 1.54) is 18.3 Å². The number of hydrogen-bond acceptors (Lipinski definition) is 8. The van der Waals surface area contributed by atoms with Gasteiger partial charge in [-0.2, -0.15) is 0 Å². The van der Waals surface area contributed by atoms with Crippen molar-refractivity contribution in [1.29, 1.82) is 0 Å². The van der Waals surface area contributed by atoms with E-state index in [4.69, 9.17) is 4.74 Å². The van der Waals surface area contributed by atoms with Gasteiger partial charge >= 0.3 is 6.36 Å². The van der Waals surface area contributed by atoms with Gasteiger partial charge in [0.05, 0.1) is 25.0 Å². The highest BCUT2D eigenvalue weighted by molar-refractivity contribution is 6.04. The lowest BCUT2D eigenvalue weighted by Gasteiger charge is -2.26. The Hall–Kier alpha value is -4.62. The molecular formula is C29H26F4N6O3. The molecule has 1 amide bonds. The Bertz CT molecular complexity index is 1540. The molecule has 1 aliphatic heterocycles. The van der Waals surface area contributed by atoms with Crippen molar-refractivity contribution >= 4 is 23.4 Å². The molecule has 0 aliphatic carbocycles. The SMILES string of the molecule is Cc1ccc(CN2CCOCC2)cc1NC(=O)c1ccc(Nc2ncc(F)c(-c3ccc(OC(F)(F)F)cc3)n2)nc1. The van der Waals surface area contributed by atoms with E-state index in [9.17, 15) is 22.4 Å². The van der Waals surface area contributed by atoms with Crippen molar-refractivity contribution in [2.75, 3.05) is 36.9 Å². The molecule has 4 aromatic rings. The molecule has 3 heterocycles. The molecule has 2 aromatic heterocycles. The third-order valence-corrected chi connectivity index (χ3v) is 6.43. The summed E-state index contributed by atoms with van der Waals surface area (Å²) in [6, 6.07) is 13.7. The van der Waals surface area contributed by atoms with Crippen LogP contribution in [0.5, 0.6) is 5.75 Å². The van der Waals surface area contributed by atoms with Crippen LogP contribution in [-0.4, -0.2) is 58.4 Å². The molecule has 0 atom stereocenters. The molecule has 0 unspecified atom stereocenters. The maximum absolute atomic E-state index is 14.4. The summed E-state index contributed by atoms with van der Waals surface area (Å²) in [5.74, 6) is -1.25. The first-order valence-corrected chi connectivity index (χ1v) is 13.0. The van der Waals surface area contributed by atoms with E-state index in [1.807, 2.05) is 25.1 Å². The van der Waals surface area contributed by atoms with Crippen molar-refractivity contribution in [3.63, 3.8) is 0 Å². The van der Waals surface area contributed by atoms with Crippen LogP contribution >= 0.6 is 0 Å². The lowest BCUT2D eigenvalue weighted by Crippen LogP contribution is -2.35. The van der Waals surface area contributed by atoms with Crippen LogP contribution in [0, 0.1) is 12.7 Å². The smallest absolute Gasteiger partial charge is 0.406 e. The fourth-order valence-electron chi connectivity index (χ4n) is 4.28. The topological polar surface area (TPSA) is 102 Å². The number of hydrogen-bond donors (Lipinski definition) is 2. The third-order valence-electron chi connectivity index (χ3n) is 6.43. The van der Waals surface area contributed by atoms with E-state index < -0.39 is 17.9 Å². The van der Waals surface area contributed by atoms with Gasteiger partial charge in [0.25, 0.3) is 5.91 Å². The lowest BCUT2D eigenvalue weighted by molar-refractivity contribution is -0.274. The maximum atomic E-state index is 14.4. The summed E-state index contributed by atoms with van der Waals surface area (Å²) in [5.41, 5.74) is 3.12. The standard InChI is InChI=1S/C29H26F4N6O3/c1-18-2-3-19(17-39-10-12-41-13-11-39)14-24(18)36-27(40)21-6-9-25(34-15-21)37-28-35-16-23(30)26(38-28)20-4-7-22(8-5-20)42-29(31,32)33/h2-9,14-16H,10-13,17H2,1H3,(H,36,40)(H,34,35,37,38). The summed E-state index contributed by atoms with van der Waals surface area (Å²) in [5, 5.41) is 5.78. The van der Waals surface area contributed by atoms with Gasteiger partial charge in [0.15, 0.2) is 5.82 Å². The predicted molar refractivity (Wildman–Crippen MR) is 147 cm³/mol. The Balaban J connectivity index is 1.23. The normalized spacial score (nSPS) is 13.9. The van der Waals surface area contributed by atoms with Gasteiger partial charge in [-0.3, -0.25) is 9.69 Å². The van der Waals surface area contributed by atoms with E-state index >= 15 is 0 Å². The van der Waals surface area contributed by atoms with E-state index in [-0.39, 0.29) is 23.1 Å². The molecular weight excluding hydrogens is 556 g/mol. The Kier molecular flexibility index (Phi) is 8.59. The van der Waals surface area contributed by atoms with Gasteiger partial charge in [-0.05, 0) is 60.5 Å². The number of nitrogens with zero attached hydrogens (tertiary/aromatic N) is 4. The maximum Gasteiger partial charge on any atom is 0.573 e. The van der Waals surface area contributed by atoms with Crippen LogP contribution in [0.1, 0.15) is 21.5 Å². The Labute approximate surface area is 238 Å². The minimum Gasteiger partial charge on any atom is -0.406 e. The number of amides is 1. The van der Waals surface area contributed by atoms with Gasteiger partial charge in [0.2, 0.25) is 5.95 Å². The largest absolute Gasteiger partial charge is 0.573 e. The highest BCUT2D eigenvalue weighted by atomic mass is 19.4. The number of rotatable bonds is 8. The summed E-state index contributed by atoms with van der Waals surface area (Å²) in [7, 11) is 0. The second-order valence-corrected chi connectivity index (χ2v) is 9.51. The van der Waals surface area contributed by atoms with Gasteiger partial charge in [-0.1, -0.05) is 12.1 Å². The van der Waals surface area contributed by atoms with Gasteiger partial charge in [0, 0.05) is 37.1 Å². The minimum absolute atomic E-state index is 0.000530. The van der Waals surface area contributed by atoms with Crippen LogP contribution < -0.4 is 15.4 Å². The zero-order valence-corrected chi connectivity index (χ0v) is 22.4. The number of carbonyl (C=O) groups excluding carboxylic acids is 1. The van der Waals surface area contributed by atoms with E-state index in [0.29, 0.717) is 30.3 Å². The number of pyridine rings is 1. The molecule has 5 rings (SSSR count). The number of ether oxygens (including phenoxy) is 2. The summed E-state index contributed by atoms with van der Waals surface area (Å²) < 4.78 is 60.9. The van der Waals surface area contributed by atoms with Gasteiger partial charge in [-0.25, -0.2) is 19.3 Å². The number of morpholine rings is 1. The number of aromatic nitrogens is 3. The van der Waals surface area contributed by atoms with Crippen LogP contribution in [-0.2, 0) is 11.3 Å². The van der Waals surface area contributed by atoms with Gasteiger partial charge in [0.1, 0.15) is 17.3 Å². The number of aryl methyl sites for hydroxylation is 1. The molecule has 218 valence electrons. The summed E-state index contributed by atoms with van der Waals surface area (Å²) in [4.78, 5) is 27.5. The number of carbonyl (C=O) groups is 1. The Morgan fingerprint density at radius 3 is 2.48 bits per heavy atom. The molecule has 1 fully saturated rings. The van der Waals surface area contributed by atoms with Crippen LogP contribution in [0.3, 0.4) is 0 Å². The Morgan fingerprint density at radius 2 is 1.79 bits per heavy atom. The number of anilines is 3. The average Bonchev–Trinajstić information content (AvgIpc) is 2.96. The molecule has 0 bridgehead atoms. The van der Waals surface area contributed by atoms with Crippen molar-refractivity contribution in [2.45, 2.75) is 19.8 Å². The van der Waals surface area contributed by atoms with Crippen molar-refractivity contribution < 1.29 is 31.8 Å². The van der Waals surface area contributed by atoms with E-state index in [1.54, 1.807) is 12.1 Å². The minimum atomic E-state index is -4.84. The molecule has 0 saturated carbocycles. The first kappa shape index (κ1) is 28.9. The van der Waals surface area contributed by atoms with Gasteiger partial charge < -0.3 is 20.1 Å². The number of alkyl halides is 3. The molecule has 42 heavy (non-hydrogen) atoms. The molecule has 1 aliphatic rings. The fourth-order valence-corrected chi connectivity index (χ4v) is 4.28. The molecule has 0 radical (unpaired) electrons. The first-order chi connectivity index (χ1) is 20.1. The van der Waals surface area contributed by atoms with Crippen molar-refractivity contribution in [1.82, 2.24) is 19.9 Å². The number of nitrogens with one attached hydrogen (secondary N) is 2. The zero-order valence-electron chi connectivity index (χ0n) is 22.4. The quantitative estimate of drug-likeness (QED) is 0.255. The van der Waals surface area contributed by atoms with Crippen LogP contribution in [0.25, 0.3) is 11.3 Å². The molecule has 0 spiro atoms. The molecule has 2 aromatic carbocycles. The van der Waals surface area contributed by atoms with E-state index in [0.717, 1.165) is 49.1 Å². The van der Waals surface area contributed by atoms with Gasteiger partial charge in [-0.15, -0.1) is 13.2 Å². The Morgan fingerprint density at radius 1 is 1.02 bits per heavy atom. The summed E-state index contributed by atoms with van der Waals surface area (Å²) in [6.07, 6.45) is -2.52. The predicted octanol–water partition coefficient (Wildman–Crippen LogP) is 5.71. The molecule has 1 saturated heterocycles. The van der Waals surface area contributed by atoms with Crippen molar-refractivity contribution in [3.8, 4) is 17.0 Å². The summed E-state index contributed by atoms with van der Waals surface area (Å²) >= 11 is 0. The third kappa shape index (κ3) is 7.56. The highest BCUT2D eigenvalue weighted by Crippen LogP contribution is 2.28. The number of halogens is 4. The van der Waals surface area contributed by atoms with Crippen LogP contribution in [0.15, 0.2) is 67.0 Å². The lowest BCUT2D eigenvalue weighted by atomic mass is 10.1. The zero-order chi connectivity index (χ0) is 29.7. The molecule has 13 heteroatoms. The van der Waals surface area contributed by atoms with E-state index in [2.05, 4.69) is 35.2 Å². The highest BCUT2D eigenvalue weighted by Gasteiger charge is 2.31. The van der Waals surface area contributed by atoms with Crippen molar-refractivity contribution in [3.05, 3.63) is 89.5 Å². The monoisotopic (exact) mass is 582 g/mol. The fraction of sp³-hybridized carbons (Fsp3) is 0.241. The molecule has 9 nitrogen and oxygen atoms in total. The average molecular weight is 583 g/mol. The second kappa shape index (κ2) is 12.5. The number of benzene rings is 2. The van der Waals surface area contributed by atoms with Crippen LogP contribution in [0.4, 0.5) is 35.0 Å². The first-order valence-electron chi connectivity index (χ1n) is 13.0. The van der Waals surface area contributed by atoms with Crippen molar-refractivity contribution in [2.24, 2.45) is 0 Å². The van der Waals surface area contributed by atoms with Crippen LogP contribution in [0.2, 0.25) is 0 Å².